The third kappa shape index (κ3) is 3.76. The maximum atomic E-state index is 12.3. The van der Waals surface area contributed by atoms with Crippen molar-refractivity contribution in [3.63, 3.8) is 0 Å². The Morgan fingerprint density at radius 2 is 1.77 bits per heavy atom. The van der Waals surface area contributed by atoms with E-state index in [1.165, 1.54) is 6.26 Å². The third-order valence-electron chi connectivity index (χ3n) is 3.07. The molecular weight excluding hydrogens is 300 g/mol. The van der Waals surface area contributed by atoms with Crippen LogP contribution in [0.25, 0.3) is 0 Å². The van der Waals surface area contributed by atoms with E-state index in [-0.39, 0.29) is 10.3 Å². The molecule has 0 saturated heterocycles. The van der Waals surface area contributed by atoms with Crippen LogP contribution in [0.2, 0.25) is 0 Å². The lowest BCUT2D eigenvalue weighted by atomic mass is 9.88. The number of hydrogen-bond donors (Lipinski definition) is 1. The van der Waals surface area contributed by atoms with Gasteiger partial charge in [-0.1, -0.05) is 38.5 Å². The second-order valence-electron chi connectivity index (χ2n) is 6.10. The Labute approximate surface area is 131 Å². The zero-order valence-corrected chi connectivity index (χ0v) is 13.9. The predicted molar refractivity (Wildman–Crippen MR) is 86.2 cm³/mol. The zero-order valence-electron chi connectivity index (χ0n) is 13.1. The molecule has 0 spiro atoms. The Morgan fingerprint density at radius 3 is 2.27 bits per heavy atom. The van der Waals surface area contributed by atoms with Gasteiger partial charge in [-0.05, 0) is 31.2 Å². The van der Waals surface area contributed by atoms with Crippen LogP contribution in [0.4, 0.5) is 0 Å². The number of aryl methyl sites for hydroxylation is 1. The number of benzene rings is 1. The Bertz CT molecular complexity index is 753. The quantitative estimate of drug-likeness (QED) is 0.694. The van der Waals surface area contributed by atoms with Crippen molar-refractivity contribution in [2.75, 3.05) is 0 Å². The van der Waals surface area contributed by atoms with Gasteiger partial charge in [-0.3, -0.25) is 0 Å². The van der Waals surface area contributed by atoms with Crippen molar-refractivity contribution in [3.05, 3.63) is 54.0 Å². The molecule has 6 heteroatoms. The summed E-state index contributed by atoms with van der Waals surface area (Å²) in [5.74, 6) is 0.541. The van der Waals surface area contributed by atoms with Crippen molar-refractivity contribution in [1.29, 1.82) is 0 Å². The van der Waals surface area contributed by atoms with Crippen molar-refractivity contribution >= 4 is 15.7 Å². The SMILES string of the molecule is Cc1ccc(S(=O)(=O)NN=C(c2ccco2)C(C)(C)C)cc1. The minimum absolute atomic E-state index is 0.176. The average molecular weight is 320 g/mol. The summed E-state index contributed by atoms with van der Waals surface area (Å²) in [6.07, 6.45) is 1.53. The van der Waals surface area contributed by atoms with Crippen LogP contribution in [0.3, 0.4) is 0 Å². The van der Waals surface area contributed by atoms with Crippen LogP contribution in [0, 0.1) is 12.3 Å². The van der Waals surface area contributed by atoms with Gasteiger partial charge in [0.15, 0.2) is 0 Å². The highest BCUT2D eigenvalue weighted by atomic mass is 32.2. The largest absolute Gasteiger partial charge is 0.463 e. The lowest BCUT2D eigenvalue weighted by Crippen LogP contribution is -2.27. The Balaban J connectivity index is 2.33. The number of nitrogens with one attached hydrogen (secondary N) is 1. The van der Waals surface area contributed by atoms with Gasteiger partial charge < -0.3 is 4.42 Å². The van der Waals surface area contributed by atoms with Gasteiger partial charge in [0.1, 0.15) is 11.5 Å². The van der Waals surface area contributed by atoms with E-state index in [9.17, 15) is 8.42 Å². The second-order valence-corrected chi connectivity index (χ2v) is 7.76. The van der Waals surface area contributed by atoms with E-state index in [0.717, 1.165) is 5.56 Å². The van der Waals surface area contributed by atoms with E-state index in [4.69, 9.17) is 4.42 Å². The van der Waals surface area contributed by atoms with Gasteiger partial charge in [0.25, 0.3) is 10.0 Å². The van der Waals surface area contributed by atoms with E-state index in [0.29, 0.717) is 11.5 Å². The first-order chi connectivity index (χ1) is 10.2. The van der Waals surface area contributed by atoms with Gasteiger partial charge in [-0.15, -0.1) is 0 Å². The van der Waals surface area contributed by atoms with Gasteiger partial charge >= 0.3 is 0 Å². The molecular formula is C16H20N2O3S. The molecule has 0 fully saturated rings. The molecule has 0 unspecified atom stereocenters. The molecule has 0 aliphatic carbocycles. The predicted octanol–water partition coefficient (Wildman–Crippen LogP) is 3.32. The van der Waals surface area contributed by atoms with Gasteiger partial charge in [0, 0.05) is 5.41 Å². The molecule has 2 aromatic rings. The molecule has 0 radical (unpaired) electrons. The fourth-order valence-corrected chi connectivity index (χ4v) is 2.69. The number of furan rings is 1. The van der Waals surface area contributed by atoms with E-state index >= 15 is 0 Å². The Hall–Kier alpha value is -2.08. The molecule has 0 saturated carbocycles. The molecule has 0 atom stereocenters. The highest BCUT2D eigenvalue weighted by Gasteiger charge is 2.24. The number of sulfonamides is 1. The van der Waals surface area contributed by atoms with E-state index in [1.54, 1.807) is 36.4 Å². The summed E-state index contributed by atoms with van der Waals surface area (Å²) in [7, 11) is -3.70. The average Bonchev–Trinajstić information content (AvgIpc) is 2.91. The first-order valence-electron chi connectivity index (χ1n) is 6.91. The van der Waals surface area contributed by atoms with Crippen LogP contribution in [-0.2, 0) is 10.0 Å². The molecule has 1 aromatic carbocycles. The summed E-state index contributed by atoms with van der Waals surface area (Å²) >= 11 is 0. The molecule has 0 bridgehead atoms. The van der Waals surface area contributed by atoms with E-state index in [2.05, 4.69) is 9.93 Å². The minimum atomic E-state index is -3.70. The monoisotopic (exact) mass is 320 g/mol. The van der Waals surface area contributed by atoms with Crippen molar-refractivity contribution in [2.45, 2.75) is 32.6 Å². The van der Waals surface area contributed by atoms with Gasteiger partial charge in [-0.2, -0.15) is 18.4 Å². The first-order valence-corrected chi connectivity index (χ1v) is 8.39. The van der Waals surface area contributed by atoms with E-state index in [1.807, 2.05) is 27.7 Å². The van der Waals surface area contributed by atoms with Crippen LogP contribution in [0.5, 0.6) is 0 Å². The highest BCUT2D eigenvalue weighted by Crippen LogP contribution is 2.22. The van der Waals surface area contributed by atoms with E-state index < -0.39 is 10.0 Å². The number of nitrogens with zero attached hydrogens (tertiary/aromatic N) is 1. The summed E-state index contributed by atoms with van der Waals surface area (Å²) in [4.78, 5) is 2.47. The molecule has 1 heterocycles. The molecule has 118 valence electrons. The number of hydrogen-bond acceptors (Lipinski definition) is 4. The molecule has 5 nitrogen and oxygen atoms in total. The molecule has 2 rings (SSSR count). The minimum Gasteiger partial charge on any atom is -0.463 e. The van der Waals surface area contributed by atoms with Crippen molar-refractivity contribution in [2.24, 2.45) is 10.5 Å². The maximum Gasteiger partial charge on any atom is 0.276 e. The Morgan fingerprint density at radius 1 is 1.14 bits per heavy atom. The van der Waals surface area contributed by atoms with Crippen molar-refractivity contribution in [3.8, 4) is 0 Å². The van der Waals surface area contributed by atoms with Crippen LogP contribution in [0.1, 0.15) is 32.1 Å². The number of hydrazone groups is 1. The van der Waals surface area contributed by atoms with Gasteiger partial charge in [0.05, 0.1) is 11.2 Å². The summed E-state index contributed by atoms with van der Waals surface area (Å²) in [6.45, 7) is 7.72. The standard InChI is InChI=1S/C16H20N2O3S/c1-12-7-9-13(10-8-12)22(19,20)18-17-15(16(2,3)4)14-6-5-11-21-14/h5-11,18H,1-4H3. The summed E-state index contributed by atoms with van der Waals surface area (Å²) in [5, 5.41) is 4.09. The third-order valence-corrected chi connectivity index (χ3v) is 4.30. The summed E-state index contributed by atoms with van der Waals surface area (Å²) in [5.41, 5.74) is 1.16. The van der Waals surface area contributed by atoms with Gasteiger partial charge in [0.2, 0.25) is 0 Å². The molecule has 0 amide bonds. The maximum absolute atomic E-state index is 12.3. The second kappa shape index (κ2) is 5.96. The fraction of sp³-hybridized carbons (Fsp3) is 0.312. The zero-order chi connectivity index (χ0) is 16.4. The molecule has 22 heavy (non-hydrogen) atoms. The van der Waals surface area contributed by atoms with Crippen molar-refractivity contribution < 1.29 is 12.8 Å². The number of rotatable bonds is 4. The van der Waals surface area contributed by atoms with Gasteiger partial charge in [-0.25, -0.2) is 0 Å². The first kappa shape index (κ1) is 16.3. The summed E-state index contributed by atoms with van der Waals surface area (Å²) in [6, 6.07) is 10.1. The van der Waals surface area contributed by atoms with Crippen LogP contribution in [0.15, 0.2) is 57.1 Å². The highest BCUT2D eigenvalue weighted by molar-refractivity contribution is 7.89. The van der Waals surface area contributed by atoms with Crippen LogP contribution >= 0.6 is 0 Å². The molecule has 0 aliphatic rings. The van der Waals surface area contributed by atoms with Crippen LogP contribution < -0.4 is 4.83 Å². The Kier molecular flexibility index (Phi) is 4.42. The normalized spacial score (nSPS) is 13.2. The molecule has 0 aliphatic heterocycles. The van der Waals surface area contributed by atoms with Crippen molar-refractivity contribution in [1.82, 2.24) is 4.83 Å². The van der Waals surface area contributed by atoms with Crippen LogP contribution in [-0.4, -0.2) is 14.1 Å². The smallest absolute Gasteiger partial charge is 0.276 e. The molecule has 1 aromatic heterocycles. The molecule has 1 N–H and O–H groups in total. The topological polar surface area (TPSA) is 71.7 Å². The lowest BCUT2D eigenvalue weighted by Gasteiger charge is -2.19. The fourth-order valence-electron chi connectivity index (χ4n) is 1.88. The lowest BCUT2D eigenvalue weighted by molar-refractivity contribution is 0.520. The summed E-state index contributed by atoms with van der Waals surface area (Å²) < 4.78 is 29.9.